The van der Waals surface area contributed by atoms with Crippen LogP contribution in [0.5, 0.6) is 0 Å². The summed E-state index contributed by atoms with van der Waals surface area (Å²) in [5, 5.41) is 4.62. The summed E-state index contributed by atoms with van der Waals surface area (Å²) in [6.45, 7) is 0. The molecule has 1 saturated carbocycles. The number of hydrogen-bond donors (Lipinski definition) is 1. The number of nitrogens with zero attached hydrogens (tertiary/aromatic N) is 3. The van der Waals surface area contributed by atoms with E-state index in [0.717, 1.165) is 4.31 Å². The summed E-state index contributed by atoms with van der Waals surface area (Å²) in [6.07, 6.45) is 3.04. The predicted molar refractivity (Wildman–Crippen MR) is 119 cm³/mol. The summed E-state index contributed by atoms with van der Waals surface area (Å²) >= 11 is 1.37. The Labute approximate surface area is 191 Å². The Bertz CT molecular complexity index is 1570. The Morgan fingerprint density at radius 2 is 1.91 bits per heavy atom. The smallest absolute Gasteiger partial charge is 0.269 e. The van der Waals surface area contributed by atoms with Gasteiger partial charge in [0.05, 0.1) is 5.56 Å². The van der Waals surface area contributed by atoms with Crippen LogP contribution < -0.4 is 5.32 Å². The van der Waals surface area contributed by atoms with E-state index in [-0.39, 0.29) is 27.9 Å². The maximum Gasteiger partial charge on any atom is 0.269 e. The number of benzene rings is 2. The first-order valence-corrected chi connectivity index (χ1v) is 12.4. The zero-order valence-electron chi connectivity index (χ0n) is 16.9. The van der Waals surface area contributed by atoms with Crippen LogP contribution in [0.25, 0.3) is 16.2 Å². The van der Waals surface area contributed by atoms with Gasteiger partial charge in [-0.05, 0) is 55.3 Å². The summed E-state index contributed by atoms with van der Waals surface area (Å²) in [5.74, 6) is -1.11. The molecule has 8 nitrogen and oxygen atoms in total. The van der Waals surface area contributed by atoms with E-state index in [2.05, 4.69) is 10.3 Å². The minimum absolute atomic E-state index is 0.0787. The number of anilines is 1. The molecule has 0 radical (unpaired) electrons. The van der Waals surface area contributed by atoms with E-state index in [1.54, 1.807) is 22.7 Å². The highest BCUT2D eigenvalue weighted by molar-refractivity contribution is 7.90. The largest absolute Gasteiger partial charge is 0.306 e. The molecular weight excluding hydrogens is 467 g/mol. The number of imidazole rings is 1. The van der Waals surface area contributed by atoms with Crippen molar-refractivity contribution in [2.24, 2.45) is 0 Å². The summed E-state index contributed by atoms with van der Waals surface area (Å²) in [7, 11) is -3.98. The van der Waals surface area contributed by atoms with E-state index in [4.69, 9.17) is 0 Å². The molecule has 166 valence electrons. The van der Waals surface area contributed by atoms with E-state index in [0.29, 0.717) is 34.9 Å². The van der Waals surface area contributed by atoms with Crippen LogP contribution in [0.3, 0.4) is 0 Å². The van der Waals surface area contributed by atoms with Crippen molar-refractivity contribution in [2.45, 2.75) is 23.8 Å². The number of nitrogens with one attached hydrogen (secondary N) is 1. The molecule has 11 heteroatoms. The fourth-order valence-electron chi connectivity index (χ4n) is 3.95. The summed E-state index contributed by atoms with van der Waals surface area (Å²) in [6, 6.07) is 9.50. The van der Waals surface area contributed by atoms with Gasteiger partial charge in [0, 0.05) is 28.7 Å². The van der Waals surface area contributed by atoms with Crippen molar-refractivity contribution in [1.82, 2.24) is 13.7 Å². The molecule has 0 saturated heterocycles. The third-order valence-corrected chi connectivity index (χ3v) is 8.33. The summed E-state index contributed by atoms with van der Waals surface area (Å²) in [5.41, 5.74) is 1.25. The Morgan fingerprint density at radius 3 is 2.64 bits per heavy atom. The number of hydrogen-bond acceptors (Lipinski definition) is 6. The molecule has 2 aliphatic rings. The molecule has 4 aromatic rings. The molecule has 0 bridgehead atoms. The number of fused-ring (bicyclic) bond motifs is 2. The summed E-state index contributed by atoms with van der Waals surface area (Å²) in [4.78, 5) is 30.7. The van der Waals surface area contributed by atoms with Crippen LogP contribution in [0.1, 0.15) is 33.6 Å². The highest BCUT2D eigenvalue weighted by Crippen LogP contribution is 2.40. The van der Waals surface area contributed by atoms with E-state index < -0.39 is 21.8 Å². The Morgan fingerprint density at radius 1 is 1.15 bits per heavy atom. The van der Waals surface area contributed by atoms with Gasteiger partial charge >= 0.3 is 0 Å². The van der Waals surface area contributed by atoms with Crippen LogP contribution in [0.2, 0.25) is 0 Å². The van der Waals surface area contributed by atoms with E-state index in [1.165, 1.54) is 41.7 Å². The topological polar surface area (TPSA) is 101 Å². The molecule has 1 fully saturated rings. The highest BCUT2D eigenvalue weighted by atomic mass is 32.2. The van der Waals surface area contributed by atoms with Crippen molar-refractivity contribution in [3.8, 4) is 11.3 Å². The molecule has 3 heterocycles. The molecule has 1 N–H and O–H groups in total. The number of aromatic nitrogens is 2. The average molecular weight is 483 g/mol. The van der Waals surface area contributed by atoms with Gasteiger partial charge < -0.3 is 5.32 Å². The van der Waals surface area contributed by atoms with Gasteiger partial charge in [-0.25, -0.2) is 22.1 Å². The zero-order valence-corrected chi connectivity index (χ0v) is 18.5. The monoisotopic (exact) mass is 482 g/mol. The fraction of sp³-hybridized carbons (Fsp3) is 0.136. The van der Waals surface area contributed by atoms with Crippen molar-refractivity contribution in [2.75, 3.05) is 5.32 Å². The maximum atomic E-state index is 13.4. The van der Waals surface area contributed by atoms with Crippen LogP contribution in [0, 0.1) is 5.82 Å². The molecule has 0 spiro atoms. The first-order valence-electron chi connectivity index (χ1n) is 10.1. The summed E-state index contributed by atoms with van der Waals surface area (Å²) < 4.78 is 41.8. The molecule has 0 unspecified atom stereocenters. The van der Waals surface area contributed by atoms with Crippen LogP contribution >= 0.6 is 11.3 Å². The number of sulfonamides is 1. The SMILES string of the molecule is O=C(Nc1c(-c2ccc(F)cc2)nc2sccn12)c1ccc2c(c1)S(=O)(=O)N(C1CC1)C2=O. The van der Waals surface area contributed by atoms with Crippen molar-refractivity contribution in [3.63, 3.8) is 0 Å². The Balaban J connectivity index is 1.38. The lowest BCUT2D eigenvalue weighted by molar-refractivity contribution is 0.0864. The van der Waals surface area contributed by atoms with Crippen molar-refractivity contribution < 1.29 is 22.4 Å². The number of thiazole rings is 1. The number of amides is 2. The first-order chi connectivity index (χ1) is 15.8. The average Bonchev–Trinajstić information content (AvgIpc) is 3.34. The van der Waals surface area contributed by atoms with Gasteiger partial charge in [0.25, 0.3) is 21.8 Å². The minimum Gasteiger partial charge on any atom is -0.306 e. The normalized spacial score (nSPS) is 16.9. The molecule has 33 heavy (non-hydrogen) atoms. The number of rotatable bonds is 4. The van der Waals surface area contributed by atoms with Gasteiger partial charge in [0.2, 0.25) is 0 Å². The standard InChI is InChI=1S/C22H15FN4O4S2/c23-14-4-1-12(2-5-14)18-19(26-9-10-32-22(26)24-18)25-20(28)13-3-8-16-17(11-13)33(30,31)27(21(16)29)15-6-7-15/h1-5,8-11,15H,6-7H2,(H,25,28). The molecule has 1 aliphatic heterocycles. The van der Waals surface area contributed by atoms with Gasteiger partial charge in [-0.2, -0.15) is 0 Å². The molecule has 2 amide bonds. The Hall–Kier alpha value is -3.57. The van der Waals surface area contributed by atoms with Crippen LogP contribution in [0.15, 0.2) is 58.9 Å². The number of carbonyl (C=O) groups excluding carboxylic acids is 2. The second-order valence-corrected chi connectivity index (χ2v) is 10.5. The third kappa shape index (κ3) is 3.07. The zero-order chi connectivity index (χ0) is 22.9. The van der Waals surface area contributed by atoms with Crippen LogP contribution in [-0.2, 0) is 10.0 Å². The van der Waals surface area contributed by atoms with Crippen molar-refractivity contribution in [1.29, 1.82) is 0 Å². The van der Waals surface area contributed by atoms with Crippen LogP contribution in [0.4, 0.5) is 10.2 Å². The lowest BCUT2D eigenvalue weighted by atomic mass is 10.1. The van der Waals surface area contributed by atoms with Gasteiger partial charge in [0.1, 0.15) is 22.2 Å². The van der Waals surface area contributed by atoms with Gasteiger partial charge in [0.15, 0.2) is 4.96 Å². The number of halogens is 1. The second-order valence-electron chi connectivity index (χ2n) is 7.87. The van der Waals surface area contributed by atoms with Crippen molar-refractivity contribution >= 4 is 44.0 Å². The second kappa shape index (κ2) is 6.96. The van der Waals surface area contributed by atoms with Crippen molar-refractivity contribution in [3.05, 3.63) is 71.0 Å². The lowest BCUT2D eigenvalue weighted by Crippen LogP contribution is -2.31. The van der Waals surface area contributed by atoms with E-state index in [9.17, 15) is 22.4 Å². The molecule has 6 rings (SSSR count). The van der Waals surface area contributed by atoms with Gasteiger partial charge in [-0.15, -0.1) is 11.3 Å². The first kappa shape index (κ1) is 20.1. The highest BCUT2D eigenvalue weighted by Gasteiger charge is 2.48. The molecule has 0 atom stereocenters. The van der Waals surface area contributed by atoms with Gasteiger partial charge in [-0.1, -0.05) is 0 Å². The fourth-order valence-corrected chi connectivity index (χ4v) is 6.51. The maximum absolute atomic E-state index is 13.4. The van der Waals surface area contributed by atoms with E-state index in [1.807, 2.05) is 5.38 Å². The van der Waals surface area contributed by atoms with Gasteiger partial charge in [-0.3, -0.25) is 14.0 Å². The van der Waals surface area contributed by atoms with Crippen LogP contribution in [-0.4, -0.2) is 40.0 Å². The molecule has 2 aromatic carbocycles. The third-order valence-electron chi connectivity index (χ3n) is 5.70. The molecular formula is C22H15FN4O4S2. The lowest BCUT2D eigenvalue weighted by Gasteiger charge is -2.13. The number of carbonyl (C=O) groups is 2. The molecule has 1 aliphatic carbocycles. The minimum atomic E-state index is -3.98. The van der Waals surface area contributed by atoms with E-state index >= 15 is 0 Å². The quantitative estimate of drug-likeness (QED) is 0.477. The molecule has 2 aromatic heterocycles. The Kier molecular flexibility index (Phi) is 4.23. The predicted octanol–water partition coefficient (Wildman–Crippen LogP) is 3.76.